The highest BCUT2D eigenvalue weighted by molar-refractivity contribution is 6.44. The first-order valence-corrected chi connectivity index (χ1v) is 10.2. The molecule has 2 heterocycles. The van der Waals surface area contributed by atoms with Gasteiger partial charge < -0.3 is 9.47 Å². The first kappa shape index (κ1) is 19.2. The zero-order valence-electron chi connectivity index (χ0n) is 17.7. The van der Waals surface area contributed by atoms with Crippen LogP contribution < -0.4 is 19.4 Å². The Morgan fingerprint density at radius 3 is 2.42 bits per heavy atom. The number of para-hydroxylation sites is 1. The van der Waals surface area contributed by atoms with E-state index in [4.69, 9.17) is 14.6 Å². The maximum absolute atomic E-state index is 12.7. The number of benzene rings is 3. The van der Waals surface area contributed by atoms with Gasteiger partial charge in [-0.1, -0.05) is 30.3 Å². The van der Waals surface area contributed by atoms with Crippen LogP contribution in [0.25, 0.3) is 0 Å². The number of hydrogen-bond acceptors (Lipinski definition) is 6. The lowest BCUT2D eigenvalue weighted by atomic mass is 10.1. The number of carbonyl (C=O) groups is 1. The van der Waals surface area contributed by atoms with Crippen molar-refractivity contribution in [1.82, 2.24) is 0 Å². The number of carbonyl (C=O) groups excluding carboxylic acids is 1. The molecule has 0 amide bonds. The maximum Gasteiger partial charge on any atom is 0.231 e. The van der Waals surface area contributed by atoms with E-state index in [-0.39, 0.29) is 18.7 Å². The second-order valence-corrected chi connectivity index (χ2v) is 7.78. The Labute approximate surface area is 181 Å². The Bertz CT molecular complexity index is 1190. The molecule has 0 fully saturated rings. The number of hydrazone groups is 1. The molecule has 0 spiro atoms. The molecule has 6 heteroatoms. The van der Waals surface area contributed by atoms with Gasteiger partial charge in [-0.2, -0.15) is 0 Å². The van der Waals surface area contributed by atoms with Gasteiger partial charge in [0.2, 0.25) is 6.79 Å². The van der Waals surface area contributed by atoms with Gasteiger partial charge in [0.25, 0.3) is 0 Å². The van der Waals surface area contributed by atoms with Crippen molar-refractivity contribution >= 4 is 23.0 Å². The third-order valence-electron chi connectivity index (χ3n) is 5.71. The number of ether oxygens (including phenoxy) is 2. The van der Waals surface area contributed by atoms with Crippen LogP contribution in [0.1, 0.15) is 29.8 Å². The van der Waals surface area contributed by atoms with Gasteiger partial charge in [-0.05, 0) is 61.4 Å². The molecule has 5 rings (SSSR count). The smallest absolute Gasteiger partial charge is 0.231 e. The van der Waals surface area contributed by atoms with Crippen LogP contribution >= 0.6 is 0 Å². The summed E-state index contributed by atoms with van der Waals surface area (Å²) in [6.45, 7) is 5.92. The molecule has 0 radical (unpaired) electrons. The molecule has 2 aliphatic heterocycles. The highest BCUT2D eigenvalue weighted by atomic mass is 16.7. The molecule has 0 aromatic heterocycles. The molecular weight excluding hydrogens is 390 g/mol. The molecular formula is C25H23N3O3. The number of aryl methyl sites for hydroxylation is 2. The first-order chi connectivity index (χ1) is 15.0. The minimum atomic E-state index is -0.349. The Kier molecular flexibility index (Phi) is 4.62. The number of Topliss-reactive ketones (excluding diaryl/α,β-unsaturated/α-hetero) is 1. The van der Waals surface area contributed by atoms with Crippen LogP contribution in [0.15, 0.2) is 71.8 Å². The van der Waals surface area contributed by atoms with Gasteiger partial charge in [-0.15, -0.1) is 5.10 Å². The van der Waals surface area contributed by atoms with Crippen molar-refractivity contribution in [2.75, 3.05) is 16.7 Å². The topological polar surface area (TPSA) is 54.4 Å². The lowest BCUT2D eigenvalue weighted by Crippen LogP contribution is -2.37. The van der Waals surface area contributed by atoms with Crippen molar-refractivity contribution < 1.29 is 14.3 Å². The van der Waals surface area contributed by atoms with E-state index >= 15 is 0 Å². The summed E-state index contributed by atoms with van der Waals surface area (Å²) in [5.74, 6) is 1.72. The van der Waals surface area contributed by atoms with Crippen LogP contribution in [0.3, 0.4) is 0 Å². The van der Waals surface area contributed by atoms with E-state index in [1.807, 2.05) is 64.5 Å². The Balaban J connectivity index is 1.69. The monoisotopic (exact) mass is 413 g/mol. The number of nitrogens with zero attached hydrogens (tertiary/aromatic N) is 3. The average Bonchev–Trinajstić information content (AvgIpc) is 3.40. The van der Waals surface area contributed by atoms with Crippen molar-refractivity contribution in [2.24, 2.45) is 5.10 Å². The standard InChI is InChI=1S/C25H23N3O3/c1-16-9-11-21(13-17(16)2)27-24(18(3)29)26-28(20-7-5-4-6-8-20)25(27)19-10-12-22-23(14-19)31-15-30-22/h4-14,25H,15H2,1-3H3. The SMILES string of the molecule is CC(=O)C1=NN(c2ccccc2)C(c2ccc3c(c2)OCO3)N1c1ccc(C)c(C)c1. The fourth-order valence-electron chi connectivity index (χ4n) is 3.95. The van der Waals surface area contributed by atoms with Gasteiger partial charge in [0, 0.05) is 18.2 Å². The molecule has 156 valence electrons. The van der Waals surface area contributed by atoms with E-state index in [0.29, 0.717) is 11.6 Å². The fraction of sp³-hybridized carbons (Fsp3) is 0.200. The minimum absolute atomic E-state index is 0.0950. The molecule has 6 nitrogen and oxygen atoms in total. The molecule has 2 aliphatic rings. The quantitative estimate of drug-likeness (QED) is 0.605. The predicted octanol–water partition coefficient (Wildman–Crippen LogP) is 4.96. The number of rotatable bonds is 4. The lowest BCUT2D eigenvalue weighted by molar-refractivity contribution is -0.111. The van der Waals surface area contributed by atoms with Crippen molar-refractivity contribution in [3.63, 3.8) is 0 Å². The molecule has 0 saturated heterocycles. The van der Waals surface area contributed by atoms with E-state index in [0.717, 1.165) is 28.3 Å². The van der Waals surface area contributed by atoms with E-state index in [1.54, 1.807) is 6.92 Å². The number of ketones is 1. The summed E-state index contributed by atoms with van der Waals surface area (Å²) in [7, 11) is 0. The number of fused-ring (bicyclic) bond motifs is 1. The fourth-order valence-corrected chi connectivity index (χ4v) is 3.95. The van der Waals surface area contributed by atoms with E-state index in [1.165, 1.54) is 5.56 Å². The molecule has 1 unspecified atom stereocenters. The van der Waals surface area contributed by atoms with Crippen LogP contribution in [-0.2, 0) is 4.79 Å². The zero-order valence-corrected chi connectivity index (χ0v) is 17.7. The van der Waals surface area contributed by atoms with Crippen molar-refractivity contribution in [2.45, 2.75) is 26.9 Å². The number of amidine groups is 1. The van der Waals surface area contributed by atoms with Crippen molar-refractivity contribution in [3.8, 4) is 11.5 Å². The summed E-state index contributed by atoms with van der Waals surface area (Å²) >= 11 is 0. The normalized spacial score (nSPS) is 17.1. The van der Waals surface area contributed by atoms with Gasteiger partial charge >= 0.3 is 0 Å². The third kappa shape index (κ3) is 3.30. The first-order valence-electron chi connectivity index (χ1n) is 10.2. The summed E-state index contributed by atoms with van der Waals surface area (Å²) in [4.78, 5) is 14.7. The minimum Gasteiger partial charge on any atom is -0.454 e. The maximum atomic E-state index is 12.7. The van der Waals surface area contributed by atoms with Crippen LogP contribution in [0.2, 0.25) is 0 Å². The van der Waals surface area contributed by atoms with E-state index in [2.05, 4.69) is 26.0 Å². The molecule has 1 atom stereocenters. The van der Waals surface area contributed by atoms with Crippen molar-refractivity contribution in [1.29, 1.82) is 0 Å². The highest BCUT2D eigenvalue weighted by Gasteiger charge is 2.39. The summed E-state index contributed by atoms with van der Waals surface area (Å²) in [5.41, 5.74) is 5.12. The van der Waals surface area contributed by atoms with Crippen molar-refractivity contribution in [3.05, 3.63) is 83.4 Å². The van der Waals surface area contributed by atoms with Gasteiger partial charge in [0.15, 0.2) is 29.3 Å². The van der Waals surface area contributed by atoms with E-state index in [9.17, 15) is 4.79 Å². The van der Waals surface area contributed by atoms with Gasteiger partial charge in [-0.3, -0.25) is 9.69 Å². The molecule has 0 bridgehead atoms. The summed E-state index contributed by atoms with van der Waals surface area (Å²) in [6.07, 6.45) is -0.349. The molecule has 31 heavy (non-hydrogen) atoms. The Morgan fingerprint density at radius 2 is 1.68 bits per heavy atom. The molecule has 0 aliphatic carbocycles. The van der Waals surface area contributed by atoms with Crippen LogP contribution in [-0.4, -0.2) is 18.4 Å². The van der Waals surface area contributed by atoms with Crippen LogP contribution in [0, 0.1) is 13.8 Å². The Hall–Kier alpha value is -3.80. The number of anilines is 2. The average molecular weight is 413 g/mol. The Morgan fingerprint density at radius 1 is 0.903 bits per heavy atom. The number of hydrogen-bond donors (Lipinski definition) is 0. The second kappa shape index (κ2) is 7.47. The molecule has 0 N–H and O–H groups in total. The zero-order chi connectivity index (χ0) is 21.5. The largest absolute Gasteiger partial charge is 0.454 e. The summed E-state index contributed by atoms with van der Waals surface area (Å²) in [6, 6.07) is 22.0. The van der Waals surface area contributed by atoms with Crippen LogP contribution in [0.4, 0.5) is 11.4 Å². The summed E-state index contributed by atoms with van der Waals surface area (Å²) in [5, 5.41) is 6.67. The van der Waals surface area contributed by atoms with Gasteiger partial charge in [-0.25, -0.2) is 5.01 Å². The lowest BCUT2D eigenvalue weighted by Gasteiger charge is -2.32. The van der Waals surface area contributed by atoms with Crippen LogP contribution in [0.5, 0.6) is 11.5 Å². The molecule has 3 aromatic carbocycles. The summed E-state index contributed by atoms with van der Waals surface area (Å²) < 4.78 is 11.1. The molecule has 0 saturated carbocycles. The third-order valence-corrected chi connectivity index (χ3v) is 5.71. The van der Waals surface area contributed by atoms with Gasteiger partial charge in [0.05, 0.1) is 5.69 Å². The van der Waals surface area contributed by atoms with Gasteiger partial charge in [0.1, 0.15) is 0 Å². The predicted molar refractivity (Wildman–Crippen MR) is 121 cm³/mol. The second-order valence-electron chi connectivity index (χ2n) is 7.78. The highest BCUT2D eigenvalue weighted by Crippen LogP contribution is 2.42. The van der Waals surface area contributed by atoms with E-state index < -0.39 is 0 Å². The molecule has 3 aromatic rings.